The van der Waals surface area contributed by atoms with E-state index in [-0.39, 0.29) is 12.6 Å². The van der Waals surface area contributed by atoms with E-state index in [0.29, 0.717) is 18.1 Å². The highest BCUT2D eigenvalue weighted by Gasteiger charge is 2.25. The van der Waals surface area contributed by atoms with E-state index < -0.39 is 0 Å². The van der Waals surface area contributed by atoms with Crippen LogP contribution in [-0.4, -0.2) is 28.4 Å². The summed E-state index contributed by atoms with van der Waals surface area (Å²) in [5.74, 6) is 1.13. The number of aliphatic hydroxyl groups is 1. The molecule has 0 bridgehead atoms. The first-order valence-electron chi connectivity index (χ1n) is 6.13. The minimum Gasteiger partial charge on any atom is -0.396 e. The maximum absolute atomic E-state index is 8.86. The number of fused-ring (bicyclic) bond motifs is 1. The second-order valence-corrected chi connectivity index (χ2v) is 4.36. The van der Waals surface area contributed by atoms with Crippen LogP contribution in [0.2, 0.25) is 0 Å². The van der Waals surface area contributed by atoms with Gasteiger partial charge in [-0.1, -0.05) is 29.4 Å². The molecule has 18 heavy (non-hydrogen) atoms. The zero-order valence-electron chi connectivity index (χ0n) is 9.97. The van der Waals surface area contributed by atoms with Crippen molar-refractivity contribution in [3.8, 4) is 0 Å². The summed E-state index contributed by atoms with van der Waals surface area (Å²) in [6.45, 7) is 0.938. The van der Waals surface area contributed by atoms with Crippen molar-refractivity contribution in [1.29, 1.82) is 0 Å². The van der Waals surface area contributed by atoms with E-state index in [1.165, 1.54) is 11.1 Å². The van der Waals surface area contributed by atoms with E-state index in [1.807, 2.05) is 12.1 Å². The minimum atomic E-state index is -0.0325. The Kier molecular flexibility index (Phi) is 3.08. The minimum absolute atomic E-state index is 0.0325. The Labute approximate surface area is 105 Å². The number of rotatable bonds is 3. The lowest BCUT2D eigenvalue weighted by atomic mass is 9.94. The smallest absolute Gasteiger partial charge is 0.248 e. The van der Waals surface area contributed by atoms with E-state index >= 15 is 0 Å². The summed E-state index contributed by atoms with van der Waals surface area (Å²) < 4.78 is 5.28. The molecule has 5 nitrogen and oxygen atoms in total. The first-order chi connectivity index (χ1) is 8.88. The highest BCUT2D eigenvalue weighted by atomic mass is 16.5. The number of hydrogen-bond acceptors (Lipinski definition) is 5. The van der Waals surface area contributed by atoms with Gasteiger partial charge < -0.3 is 14.9 Å². The summed E-state index contributed by atoms with van der Waals surface area (Å²) in [4.78, 5) is 4.32. The lowest BCUT2D eigenvalue weighted by Crippen LogP contribution is -2.30. The zero-order valence-corrected chi connectivity index (χ0v) is 9.97. The van der Waals surface area contributed by atoms with Gasteiger partial charge in [0.05, 0.1) is 6.61 Å². The molecule has 2 aromatic rings. The van der Waals surface area contributed by atoms with Gasteiger partial charge in [0.1, 0.15) is 6.04 Å². The molecular formula is C13H15N3O2. The van der Waals surface area contributed by atoms with Crippen LogP contribution in [0.25, 0.3) is 0 Å². The third-order valence-electron chi connectivity index (χ3n) is 3.18. The fourth-order valence-corrected chi connectivity index (χ4v) is 2.31. The molecule has 1 aromatic carbocycles. The van der Waals surface area contributed by atoms with Gasteiger partial charge in [0.15, 0.2) is 5.82 Å². The molecule has 0 spiro atoms. The fourth-order valence-electron chi connectivity index (χ4n) is 2.31. The van der Waals surface area contributed by atoms with Gasteiger partial charge in [-0.25, -0.2) is 0 Å². The SMILES string of the molecule is OCCc1noc(C2NCCc3ccccc32)n1. The van der Waals surface area contributed by atoms with Crippen molar-refractivity contribution in [2.75, 3.05) is 13.2 Å². The van der Waals surface area contributed by atoms with Crippen molar-refractivity contribution in [1.82, 2.24) is 15.5 Å². The summed E-state index contributed by atoms with van der Waals surface area (Å²) in [6, 6.07) is 8.25. The average Bonchev–Trinajstić information content (AvgIpc) is 2.87. The van der Waals surface area contributed by atoms with Crippen molar-refractivity contribution in [2.45, 2.75) is 18.9 Å². The predicted octanol–water partition coefficient (Wildman–Crippen LogP) is 0.839. The molecule has 1 aromatic heterocycles. The molecule has 3 rings (SSSR count). The van der Waals surface area contributed by atoms with Gasteiger partial charge in [-0.15, -0.1) is 0 Å². The van der Waals surface area contributed by atoms with Crippen LogP contribution in [0.5, 0.6) is 0 Å². The average molecular weight is 245 g/mol. The van der Waals surface area contributed by atoms with E-state index in [9.17, 15) is 0 Å². The Morgan fingerprint density at radius 3 is 3.17 bits per heavy atom. The Balaban J connectivity index is 1.92. The van der Waals surface area contributed by atoms with Crippen LogP contribution in [0.1, 0.15) is 28.9 Å². The molecular weight excluding hydrogens is 230 g/mol. The number of aromatic nitrogens is 2. The van der Waals surface area contributed by atoms with Crippen LogP contribution in [0.4, 0.5) is 0 Å². The van der Waals surface area contributed by atoms with Crippen LogP contribution in [-0.2, 0) is 12.8 Å². The van der Waals surface area contributed by atoms with E-state index in [2.05, 4.69) is 27.6 Å². The van der Waals surface area contributed by atoms with Gasteiger partial charge in [-0.3, -0.25) is 0 Å². The molecule has 0 saturated carbocycles. The van der Waals surface area contributed by atoms with Crippen molar-refractivity contribution in [2.24, 2.45) is 0 Å². The Hall–Kier alpha value is -1.72. The normalized spacial score (nSPS) is 18.6. The molecule has 0 amide bonds. The van der Waals surface area contributed by atoms with Crippen molar-refractivity contribution >= 4 is 0 Å². The molecule has 5 heteroatoms. The molecule has 1 atom stereocenters. The molecule has 1 aliphatic heterocycles. The Bertz CT molecular complexity index is 539. The third kappa shape index (κ3) is 2.02. The molecule has 94 valence electrons. The van der Waals surface area contributed by atoms with Crippen molar-refractivity contribution in [3.05, 3.63) is 47.1 Å². The van der Waals surface area contributed by atoms with Gasteiger partial charge in [-0.2, -0.15) is 4.98 Å². The van der Waals surface area contributed by atoms with E-state index in [0.717, 1.165) is 13.0 Å². The highest BCUT2D eigenvalue weighted by Crippen LogP contribution is 2.27. The lowest BCUT2D eigenvalue weighted by Gasteiger charge is -2.23. The Morgan fingerprint density at radius 1 is 1.39 bits per heavy atom. The standard InChI is InChI=1S/C13H15N3O2/c17-8-6-11-15-13(18-16-11)12-10-4-2-1-3-9(10)5-7-14-12/h1-4,12,14,17H,5-8H2. The van der Waals surface area contributed by atoms with E-state index in [4.69, 9.17) is 9.63 Å². The third-order valence-corrected chi connectivity index (χ3v) is 3.18. The number of aliphatic hydroxyl groups excluding tert-OH is 1. The number of nitrogens with one attached hydrogen (secondary N) is 1. The summed E-state index contributed by atoms with van der Waals surface area (Å²) in [6.07, 6.45) is 1.45. The first-order valence-corrected chi connectivity index (χ1v) is 6.13. The molecule has 2 N–H and O–H groups in total. The molecule has 1 aliphatic rings. The molecule has 2 heterocycles. The summed E-state index contributed by atoms with van der Waals surface area (Å²) in [5, 5.41) is 16.1. The highest BCUT2D eigenvalue weighted by molar-refractivity contribution is 5.35. The number of benzene rings is 1. The summed E-state index contributed by atoms with van der Waals surface area (Å²) >= 11 is 0. The van der Waals surface area contributed by atoms with Gasteiger partial charge in [0.25, 0.3) is 0 Å². The molecule has 1 unspecified atom stereocenters. The number of nitrogens with zero attached hydrogens (tertiary/aromatic N) is 2. The van der Waals surface area contributed by atoms with Crippen LogP contribution in [0, 0.1) is 0 Å². The van der Waals surface area contributed by atoms with Crippen molar-refractivity contribution in [3.63, 3.8) is 0 Å². The van der Waals surface area contributed by atoms with Crippen LogP contribution >= 0.6 is 0 Å². The maximum atomic E-state index is 8.86. The second kappa shape index (κ2) is 4.88. The molecule has 0 radical (unpaired) electrons. The van der Waals surface area contributed by atoms with Crippen LogP contribution < -0.4 is 5.32 Å². The summed E-state index contributed by atoms with van der Waals surface area (Å²) in [7, 11) is 0. The zero-order chi connectivity index (χ0) is 12.4. The quantitative estimate of drug-likeness (QED) is 0.838. The first kappa shape index (κ1) is 11.4. The van der Waals surface area contributed by atoms with Crippen LogP contribution in [0.15, 0.2) is 28.8 Å². The largest absolute Gasteiger partial charge is 0.396 e. The van der Waals surface area contributed by atoms with Gasteiger partial charge in [-0.05, 0) is 17.5 Å². The topological polar surface area (TPSA) is 71.2 Å². The maximum Gasteiger partial charge on any atom is 0.248 e. The molecule has 0 saturated heterocycles. The monoisotopic (exact) mass is 245 g/mol. The number of hydrogen-bond donors (Lipinski definition) is 2. The fraction of sp³-hybridized carbons (Fsp3) is 0.385. The predicted molar refractivity (Wildman–Crippen MR) is 65.1 cm³/mol. The molecule has 0 aliphatic carbocycles. The lowest BCUT2D eigenvalue weighted by molar-refractivity contribution is 0.292. The van der Waals surface area contributed by atoms with Gasteiger partial charge in [0, 0.05) is 13.0 Å². The van der Waals surface area contributed by atoms with Crippen LogP contribution in [0.3, 0.4) is 0 Å². The van der Waals surface area contributed by atoms with Gasteiger partial charge in [0.2, 0.25) is 5.89 Å². The molecule has 0 fully saturated rings. The Morgan fingerprint density at radius 2 is 2.28 bits per heavy atom. The second-order valence-electron chi connectivity index (χ2n) is 4.36. The van der Waals surface area contributed by atoms with Gasteiger partial charge >= 0.3 is 0 Å². The summed E-state index contributed by atoms with van der Waals surface area (Å²) in [5.41, 5.74) is 2.52. The van der Waals surface area contributed by atoms with Crippen molar-refractivity contribution < 1.29 is 9.63 Å². The van der Waals surface area contributed by atoms with E-state index in [1.54, 1.807) is 0 Å².